The van der Waals surface area contributed by atoms with E-state index in [0.29, 0.717) is 5.02 Å². The van der Waals surface area contributed by atoms with E-state index in [2.05, 4.69) is 21.8 Å². The number of hydrogen-bond donors (Lipinski definition) is 1. The zero-order valence-corrected chi connectivity index (χ0v) is 17.6. The highest BCUT2D eigenvalue weighted by Crippen LogP contribution is 2.19. The van der Waals surface area contributed by atoms with E-state index in [-0.39, 0.29) is 11.4 Å². The van der Waals surface area contributed by atoms with Crippen molar-refractivity contribution in [1.82, 2.24) is 9.55 Å². The molecule has 1 amide bonds. The van der Waals surface area contributed by atoms with Crippen molar-refractivity contribution < 1.29 is 14.3 Å². The molecule has 2 aromatic heterocycles. The Labute approximate surface area is 174 Å². The fourth-order valence-corrected chi connectivity index (χ4v) is 2.90. The Hall–Kier alpha value is -3.11. The Morgan fingerprint density at radius 3 is 2.72 bits per heavy atom. The normalized spacial score (nSPS) is 12.2. The van der Waals surface area contributed by atoms with Crippen molar-refractivity contribution >= 4 is 35.4 Å². The van der Waals surface area contributed by atoms with Crippen LogP contribution < -0.4 is 5.32 Å². The molecule has 1 N–H and O–H groups in total. The Morgan fingerprint density at radius 2 is 2.14 bits per heavy atom. The summed E-state index contributed by atoms with van der Waals surface area (Å²) >= 11 is 5.75. The minimum absolute atomic E-state index is 0.175. The van der Waals surface area contributed by atoms with Crippen LogP contribution in [0, 0.1) is 25.2 Å². The largest absolute Gasteiger partial charge is 0.448 e. The highest BCUT2D eigenvalue weighted by molar-refractivity contribution is 6.30. The van der Waals surface area contributed by atoms with Gasteiger partial charge in [-0.15, -0.1) is 0 Å². The molecular weight excluding hydrogens is 392 g/mol. The van der Waals surface area contributed by atoms with Gasteiger partial charge in [0.15, 0.2) is 6.10 Å². The van der Waals surface area contributed by atoms with Crippen molar-refractivity contribution in [2.24, 2.45) is 0 Å². The Bertz CT molecular complexity index is 971. The van der Waals surface area contributed by atoms with E-state index in [1.807, 2.05) is 26.0 Å². The molecule has 0 saturated heterocycles. The Balaban J connectivity index is 2.10. The zero-order valence-electron chi connectivity index (χ0n) is 16.8. The highest BCUT2D eigenvalue weighted by Gasteiger charge is 2.21. The van der Waals surface area contributed by atoms with E-state index in [9.17, 15) is 14.9 Å². The molecule has 0 aliphatic rings. The molecule has 2 aromatic rings. The van der Waals surface area contributed by atoms with Crippen LogP contribution in [0.15, 0.2) is 30.0 Å². The Morgan fingerprint density at radius 1 is 1.41 bits per heavy atom. The lowest BCUT2D eigenvalue weighted by atomic mass is 10.1. The number of nitrogens with one attached hydrogen (secondary N) is 1. The molecule has 0 radical (unpaired) electrons. The maximum Gasteiger partial charge on any atom is 0.349 e. The average molecular weight is 415 g/mol. The molecule has 7 nitrogen and oxygen atoms in total. The van der Waals surface area contributed by atoms with Crippen LogP contribution in [0.25, 0.3) is 6.08 Å². The van der Waals surface area contributed by atoms with Crippen LogP contribution in [-0.2, 0) is 20.9 Å². The van der Waals surface area contributed by atoms with Gasteiger partial charge in [-0.2, -0.15) is 5.26 Å². The van der Waals surface area contributed by atoms with Crippen molar-refractivity contribution in [2.75, 3.05) is 5.32 Å². The van der Waals surface area contributed by atoms with E-state index in [1.165, 1.54) is 25.3 Å². The van der Waals surface area contributed by atoms with E-state index >= 15 is 0 Å². The number of pyridine rings is 1. The smallest absolute Gasteiger partial charge is 0.349 e. The van der Waals surface area contributed by atoms with Crippen molar-refractivity contribution in [3.05, 3.63) is 51.9 Å². The van der Waals surface area contributed by atoms with Gasteiger partial charge in [0.05, 0.1) is 5.02 Å². The number of nitrogens with zero attached hydrogens (tertiary/aromatic N) is 3. The summed E-state index contributed by atoms with van der Waals surface area (Å²) in [4.78, 5) is 28.5. The van der Waals surface area contributed by atoms with Gasteiger partial charge in [-0.05, 0) is 57.0 Å². The van der Waals surface area contributed by atoms with Crippen molar-refractivity contribution in [3.8, 4) is 6.07 Å². The lowest BCUT2D eigenvalue weighted by Gasteiger charge is -2.12. The van der Waals surface area contributed by atoms with E-state index in [4.69, 9.17) is 16.3 Å². The lowest BCUT2D eigenvalue weighted by molar-refractivity contribution is -0.148. The van der Waals surface area contributed by atoms with Gasteiger partial charge < -0.3 is 14.6 Å². The third-order valence-electron chi connectivity index (χ3n) is 4.33. The minimum Gasteiger partial charge on any atom is -0.448 e. The van der Waals surface area contributed by atoms with Crippen LogP contribution in [-0.4, -0.2) is 27.5 Å². The second kappa shape index (κ2) is 9.89. The summed E-state index contributed by atoms with van der Waals surface area (Å²) in [5, 5.41) is 12.3. The molecule has 29 heavy (non-hydrogen) atoms. The maximum absolute atomic E-state index is 12.4. The number of carbonyl (C=O) groups excluding carboxylic acids is 2. The predicted octanol–water partition coefficient (Wildman–Crippen LogP) is 4.04. The van der Waals surface area contributed by atoms with Crippen LogP contribution in [0.4, 0.5) is 5.82 Å². The summed E-state index contributed by atoms with van der Waals surface area (Å²) in [6, 6.07) is 6.88. The van der Waals surface area contributed by atoms with Gasteiger partial charge in [-0.1, -0.05) is 18.5 Å². The number of esters is 1. The molecule has 0 aliphatic carbocycles. The number of aryl methyl sites for hydroxylation is 1. The van der Waals surface area contributed by atoms with Crippen LogP contribution in [0.1, 0.15) is 37.2 Å². The number of anilines is 1. The van der Waals surface area contributed by atoms with Gasteiger partial charge in [0.1, 0.15) is 17.5 Å². The molecule has 0 aliphatic heterocycles. The molecule has 8 heteroatoms. The van der Waals surface area contributed by atoms with Crippen molar-refractivity contribution in [3.63, 3.8) is 0 Å². The number of hydrogen-bond acceptors (Lipinski definition) is 5. The zero-order chi connectivity index (χ0) is 21.6. The lowest BCUT2D eigenvalue weighted by Crippen LogP contribution is -2.30. The van der Waals surface area contributed by atoms with Gasteiger partial charge in [-0.25, -0.2) is 9.78 Å². The molecule has 2 rings (SSSR count). The summed E-state index contributed by atoms with van der Waals surface area (Å²) in [5.41, 5.74) is 2.60. The first-order valence-electron chi connectivity index (χ1n) is 9.18. The van der Waals surface area contributed by atoms with Crippen LogP contribution >= 0.6 is 11.6 Å². The molecule has 0 bridgehead atoms. The summed E-state index contributed by atoms with van der Waals surface area (Å²) < 4.78 is 7.28. The van der Waals surface area contributed by atoms with Crippen molar-refractivity contribution in [2.45, 2.75) is 46.8 Å². The molecule has 0 spiro atoms. The Kier molecular flexibility index (Phi) is 7.57. The van der Waals surface area contributed by atoms with Gasteiger partial charge >= 0.3 is 5.97 Å². The molecule has 152 valence electrons. The first-order chi connectivity index (χ1) is 13.8. The highest BCUT2D eigenvalue weighted by atomic mass is 35.5. The number of rotatable bonds is 7. The number of carbonyl (C=O) groups is 2. The fraction of sp³-hybridized carbons (Fsp3) is 0.333. The summed E-state index contributed by atoms with van der Waals surface area (Å²) in [6.07, 6.45) is 2.74. The quantitative estimate of drug-likeness (QED) is 0.419. The SMILES string of the molecule is CCCn1c(C)cc(/C=C(\C#N)C(=O)O[C@@H](C)C(=O)Nc2ccc(Cl)cn2)c1C. The van der Waals surface area contributed by atoms with Gasteiger partial charge in [0, 0.05) is 24.1 Å². The molecule has 0 fully saturated rings. The third kappa shape index (κ3) is 5.69. The van der Waals surface area contributed by atoms with Gasteiger partial charge in [0.25, 0.3) is 5.91 Å². The second-order valence-electron chi connectivity index (χ2n) is 6.55. The number of amides is 1. The number of nitriles is 1. The van der Waals surface area contributed by atoms with Crippen molar-refractivity contribution in [1.29, 1.82) is 5.26 Å². The monoisotopic (exact) mass is 414 g/mol. The summed E-state index contributed by atoms with van der Waals surface area (Å²) in [5.74, 6) is -1.15. The minimum atomic E-state index is -1.11. The number of halogens is 1. The van der Waals surface area contributed by atoms with Crippen LogP contribution in [0.3, 0.4) is 0 Å². The maximum atomic E-state index is 12.4. The molecule has 0 aromatic carbocycles. The fourth-order valence-electron chi connectivity index (χ4n) is 2.79. The molecule has 1 atom stereocenters. The number of aromatic nitrogens is 2. The first-order valence-corrected chi connectivity index (χ1v) is 9.56. The standard InChI is InChI=1S/C21H23ClN4O3/c1-5-8-26-13(2)9-16(14(26)3)10-17(11-23)21(28)29-15(4)20(27)25-19-7-6-18(22)12-24-19/h6-7,9-10,12,15H,5,8H2,1-4H3,(H,24,25,27)/b17-10+/t15-/m0/s1. The first kappa shape index (κ1) is 22.2. The summed E-state index contributed by atoms with van der Waals surface area (Å²) in [7, 11) is 0. The van der Waals surface area contributed by atoms with E-state index in [1.54, 1.807) is 6.07 Å². The topological polar surface area (TPSA) is 97.0 Å². The molecule has 2 heterocycles. The molecular formula is C21H23ClN4O3. The molecule has 0 unspecified atom stereocenters. The predicted molar refractivity (Wildman–Crippen MR) is 111 cm³/mol. The van der Waals surface area contributed by atoms with Crippen LogP contribution in [0.5, 0.6) is 0 Å². The van der Waals surface area contributed by atoms with Gasteiger partial charge in [-0.3, -0.25) is 4.79 Å². The molecule has 0 saturated carbocycles. The average Bonchev–Trinajstić information content (AvgIpc) is 2.95. The van der Waals surface area contributed by atoms with Crippen LogP contribution in [0.2, 0.25) is 5.02 Å². The van der Waals surface area contributed by atoms with E-state index < -0.39 is 18.0 Å². The second-order valence-corrected chi connectivity index (χ2v) is 6.98. The van der Waals surface area contributed by atoms with Gasteiger partial charge in [0.2, 0.25) is 0 Å². The van der Waals surface area contributed by atoms with E-state index in [0.717, 1.165) is 29.9 Å². The third-order valence-corrected chi connectivity index (χ3v) is 4.56. The number of ether oxygens (including phenoxy) is 1. The summed E-state index contributed by atoms with van der Waals surface area (Å²) in [6.45, 7) is 8.27.